The topological polar surface area (TPSA) is 64.3 Å². The maximum Gasteiger partial charge on any atom is 0.251 e. The van der Waals surface area contributed by atoms with Crippen LogP contribution in [0.1, 0.15) is 30.6 Å². The summed E-state index contributed by atoms with van der Waals surface area (Å²) >= 11 is 3.37. The number of hydrogen-bond acceptors (Lipinski definition) is 3. The molecule has 4 nitrogen and oxygen atoms in total. The summed E-state index contributed by atoms with van der Waals surface area (Å²) in [5.41, 5.74) is 5.96. The lowest BCUT2D eigenvalue weighted by molar-refractivity contribution is 0.0952. The van der Waals surface area contributed by atoms with Gasteiger partial charge in [-0.1, -0.05) is 15.9 Å². The van der Waals surface area contributed by atoms with Crippen molar-refractivity contribution in [3.8, 4) is 5.75 Å². The van der Waals surface area contributed by atoms with E-state index in [0.29, 0.717) is 24.4 Å². The van der Waals surface area contributed by atoms with E-state index in [1.165, 1.54) is 0 Å². The number of hydrogen-bond donors (Lipinski definition) is 2. The lowest BCUT2D eigenvalue weighted by atomic mass is 10.2. The summed E-state index contributed by atoms with van der Waals surface area (Å²) in [6.45, 7) is 5.05. The fourth-order valence-corrected chi connectivity index (χ4v) is 1.91. The second-order valence-corrected chi connectivity index (χ2v) is 5.16. The molecule has 0 saturated heterocycles. The van der Waals surface area contributed by atoms with Crippen molar-refractivity contribution in [3.63, 3.8) is 0 Å². The minimum absolute atomic E-state index is 0. The second kappa shape index (κ2) is 9.18. The number of carbonyl (C=O) groups excluding carboxylic acids is 1. The van der Waals surface area contributed by atoms with Crippen LogP contribution < -0.4 is 15.8 Å². The lowest BCUT2D eigenvalue weighted by Gasteiger charge is -2.12. The maximum absolute atomic E-state index is 11.9. The summed E-state index contributed by atoms with van der Waals surface area (Å²) < 4.78 is 6.41. The Hall–Kier alpha value is -0.780. The second-order valence-electron chi connectivity index (χ2n) is 4.24. The van der Waals surface area contributed by atoms with Crippen molar-refractivity contribution in [2.24, 2.45) is 5.73 Å². The van der Waals surface area contributed by atoms with Crippen LogP contribution in [0.3, 0.4) is 0 Å². The van der Waals surface area contributed by atoms with Crippen LogP contribution >= 0.6 is 28.3 Å². The van der Waals surface area contributed by atoms with Crippen LogP contribution in [-0.2, 0) is 0 Å². The van der Waals surface area contributed by atoms with Gasteiger partial charge in [0.1, 0.15) is 5.75 Å². The van der Waals surface area contributed by atoms with Crippen LogP contribution in [0, 0.1) is 0 Å². The van der Waals surface area contributed by atoms with Gasteiger partial charge >= 0.3 is 0 Å². The monoisotopic (exact) mass is 350 g/mol. The number of ether oxygens (including phenoxy) is 1. The molecule has 0 aromatic heterocycles. The highest BCUT2D eigenvalue weighted by Gasteiger charge is 2.09. The van der Waals surface area contributed by atoms with Gasteiger partial charge in [-0.15, -0.1) is 12.4 Å². The van der Waals surface area contributed by atoms with Crippen molar-refractivity contribution >= 4 is 34.2 Å². The molecule has 3 N–H and O–H groups in total. The molecule has 0 spiro atoms. The Labute approximate surface area is 128 Å². The first-order valence-corrected chi connectivity index (χ1v) is 6.77. The van der Waals surface area contributed by atoms with Gasteiger partial charge in [0, 0.05) is 16.6 Å². The van der Waals surface area contributed by atoms with Gasteiger partial charge in [0.2, 0.25) is 0 Å². The van der Waals surface area contributed by atoms with E-state index >= 15 is 0 Å². The van der Waals surface area contributed by atoms with E-state index in [1.54, 1.807) is 12.1 Å². The molecule has 1 rings (SSSR count). The average molecular weight is 352 g/mol. The number of benzene rings is 1. The molecular weight excluding hydrogens is 332 g/mol. The van der Waals surface area contributed by atoms with E-state index in [-0.39, 0.29) is 24.4 Å². The molecule has 0 bridgehead atoms. The maximum atomic E-state index is 11.9. The summed E-state index contributed by atoms with van der Waals surface area (Å²) in [7, 11) is 0. The summed E-state index contributed by atoms with van der Waals surface area (Å²) in [4.78, 5) is 11.9. The number of carbonyl (C=O) groups is 1. The van der Waals surface area contributed by atoms with Crippen LogP contribution in [-0.4, -0.2) is 25.1 Å². The van der Waals surface area contributed by atoms with Crippen molar-refractivity contribution in [1.82, 2.24) is 5.32 Å². The number of amides is 1. The highest BCUT2D eigenvalue weighted by Crippen LogP contribution is 2.22. The SMILES string of the molecule is CC(C)Oc1cc(Br)cc(C(=O)NCCCN)c1.Cl. The molecule has 0 heterocycles. The van der Waals surface area contributed by atoms with Crippen molar-refractivity contribution in [2.45, 2.75) is 26.4 Å². The first kappa shape index (κ1) is 18.2. The van der Waals surface area contributed by atoms with Crippen molar-refractivity contribution in [1.29, 1.82) is 0 Å². The lowest BCUT2D eigenvalue weighted by Crippen LogP contribution is -2.26. The zero-order valence-corrected chi connectivity index (χ0v) is 13.5. The van der Waals surface area contributed by atoms with Gasteiger partial charge < -0.3 is 15.8 Å². The minimum atomic E-state index is -0.113. The smallest absolute Gasteiger partial charge is 0.251 e. The molecule has 0 aliphatic heterocycles. The first-order chi connectivity index (χ1) is 8.52. The van der Waals surface area contributed by atoms with E-state index in [9.17, 15) is 4.79 Å². The molecule has 0 saturated carbocycles. The molecule has 0 atom stereocenters. The normalized spacial score (nSPS) is 9.95. The Morgan fingerprint density at radius 2 is 2.11 bits per heavy atom. The molecular formula is C13H20BrClN2O2. The summed E-state index contributed by atoms with van der Waals surface area (Å²) in [6, 6.07) is 5.35. The number of halogens is 2. The van der Waals surface area contributed by atoms with Gasteiger partial charge in [0.25, 0.3) is 5.91 Å². The first-order valence-electron chi connectivity index (χ1n) is 5.98. The van der Waals surface area contributed by atoms with Crippen LogP contribution in [0.2, 0.25) is 0 Å². The highest BCUT2D eigenvalue weighted by atomic mass is 79.9. The Morgan fingerprint density at radius 1 is 1.42 bits per heavy atom. The van der Waals surface area contributed by atoms with E-state index in [0.717, 1.165) is 10.9 Å². The third-order valence-corrected chi connectivity index (χ3v) is 2.63. The predicted octanol–water partition coefficient (Wildman–Crippen LogP) is 2.74. The average Bonchev–Trinajstić information content (AvgIpc) is 2.27. The highest BCUT2D eigenvalue weighted by molar-refractivity contribution is 9.10. The van der Waals surface area contributed by atoms with Crippen molar-refractivity contribution in [2.75, 3.05) is 13.1 Å². The zero-order chi connectivity index (χ0) is 13.5. The standard InChI is InChI=1S/C13H19BrN2O2.ClH/c1-9(2)18-12-7-10(6-11(14)8-12)13(17)16-5-3-4-15;/h6-9H,3-5,15H2,1-2H3,(H,16,17);1H. The zero-order valence-electron chi connectivity index (χ0n) is 11.1. The summed E-state index contributed by atoms with van der Waals surface area (Å²) in [6.07, 6.45) is 0.849. The molecule has 1 aromatic carbocycles. The minimum Gasteiger partial charge on any atom is -0.491 e. The largest absolute Gasteiger partial charge is 0.491 e. The van der Waals surface area contributed by atoms with E-state index < -0.39 is 0 Å². The molecule has 0 fully saturated rings. The van der Waals surface area contributed by atoms with Gasteiger partial charge in [-0.3, -0.25) is 4.79 Å². The molecule has 6 heteroatoms. The van der Waals surface area contributed by atoms with Gasteiger partial charge in [-0.05, 0) is 45.0 Å². The molecule has 0 unspecified atom stereocenters. The Kier molecular flexibility index (Phi) is 8.80. The third-order valence-electron chi connectivity index (χ3n) is 2.17. The molecule has 0 radical (unpaired) electrons. The quantitative estimate of drug-likeness (QED) is 0.775. The fourth-order valence-electron chi connectivity index (χ4n) is 1.44. The molecule has 1 aromatic rings. The predicted molar refractivity (Wildman–Crippen MR) is 83.2 cm³/mol. The van der Waals surface area contributed by atoms with Gasteiger partial charge in [0.15, 0.2) is 0 Å². The molecule has 0 aliphatic rings. The van der Waals surface area contributed by atoms with E-state index in [1.807, 2.05) is 19.9 Å². The number of rotatable bonds is 6. The molecule has 0 aliphatic carbocycles. The summed E-state index contributed by atoms with van der Waals surface area (Å²) in [5, 5.41) is 2.81. The van der Waals surface area contributed by atoms with Crippen LogP contribution in [0.5, 0.6) is 5.75 Å². The van der Waals surface area contributed by atoms with Crippen molar-refractivity contribution in [3.05, 3.63) is 28.2 Å². The van der Waals surface area contributed by atoms with Gasteiger partial charge in [-0.25, -0.2) is 0 Å². The molecule has 19 heavy (non-hydrogen) atoms. The Bertz CT molecular complexity index is 414. The van der Waals surface area contributed by atoms with Gasteiger partial charge in [-0.2, -0.15) is 0 Å². The van der Waals surface area contributed by atoms with Crippen LogP contribution in [0.25, 0.3) is 0 Å². The summed E-state index contributed by atoms with van der Waals surface area (Å²) in [5.74, 6) is 0.571. The van der Waals surface area contributed by atoms with Gasteiger partial charge in [0.05, 0.1) is 6.10 Å². The van der Waals surface area contributed by atoms with E-state index in [2.05, 4.69) is 21.2 Å². The Balaban J connectivity index is 0.00000324. The molecule has 1 amide bonds. The fraction of sp³-hybridized carbons (Fsp3) is 0.462. The Morgan fingerprint density at radius 3 is 2.68 bits per heavy atom. The third kappa shape index (κ3) is 6.80. The van der Waals surface area contributed by atoms with Crippen molar-refractivity contribution < 1.29 is 9.53 Å². The van der Waals surface area contributed by atoms with Crippen LogP contribution in [0.15, 0.2) is 22.7 Å². The number of nitrogens with one attached hydrogen (secondary N) is 1. The number of nitrogens with two attached hydrogens (primary N) is 1. The molecule has 108 valence electrons. The van der Waals surface area contributed by atoms with E-state index in [4.69, 9.17) is 10.5 Å². The van der Waals surface area contributed by atoms with Crippen LogP contribution in [0.4, 0.5) is 0 Å².